The van der Waals surface area contributed by atoms with E-state index in [0.29, 0.717) is 25.0 Å². The number of hydrogen-bond acceptors (Lipinski definition) is 6. The standard InChI is InChI=1S/C53H106N2O4/c1-9-15-19-21-23-31-40-50(38-17-11-3)46-58-52(56)48(7)36-29-25-27-33-42-55(45-35-44-54(13-5)14-6)43-34-28-26-30-37-49(8)53(57)59-47-51(39-18-12-4)41-32-24-22-20-16-10-2/h48-51H,9-47H2,1-8H3. The number of rotatable bonds is 46. The van der Waals surface area contributed by atoms with Crippen LogP contribution in [-0.2, 0) is 19.1 Å². The monoisotopic (exact) mass is 835 g/mol. The zero-order valence-corrected chi connectivity index (χ0v) is 41.4. The number of carbonyl (C=O) groups excluding carboxylic acids is 2. The van der Waals surface area contributed by atoms with Crippen molar-refractivity contribution in [1.29, 1.82) is 0 Å². The van der Waals surface area contributed by atoms with Crippen LogP contribution in [0, 0.1) is 23.7 Å². The molecule has 0 spiro atoms. The van der Waals surface area contributed by atoms with E-state index in [0.717, 1.165) is 38.8 Å². The zero-order valence-electron chi connectivity index (χ0n) is 41.4. The lowest BCUT2D eigenvalue weighted by molar-refractivity contribution is -0.150. The molecule has 4 unspecified atom stereocenters. The number of ether oxygens (including phenoxy) is 2. The van der Waals surface area contributed by atoms with Gasteiger partial charge < -0.3 is 19.3 Å². The van der Waals surface area contributed by atoms with Crippen molar-refractivity contribution in [3.05, 3.63) is 0 Å². The van der Waals surface area contributed by atoms with Crippen molar-refractivity contribution < 1.29 is 19.1 Å². The Morgan fingerprint density at radius 2 is 0.661 bits per heavy atom. The van der Waals surface area contributed by atoms with Crippen LogP contribution in [0.3, 0.4) is 0 Å². The van der Waals surface area contributed by atoms with Crippen molar-refractivity contribution in [2.45, 2.75) is 254 Å². The first-order chi connectivity index (χ1) is 28.8. The Labute approximate surface area is 370 Å². The predicted octanol–water partition coefficient (Wildman–Crippen LogP) is 15.4. The topological polar surface area (TPSA) is 59.1 Å². The molecule has 0 aliphatic carbocycles. The lowest BCUT2D eigenvalue weighted by Crippen LogP contribution is -2.31. The van der Waals surface area contributed by atoms with Gasteiger partial charge in [-0.3, -0.25) is 9.59 Å². The fourth-order valence-corrected chi connectivity index (χ4v) is 8.63. The third-order valence-electron chi connectivity index (χ3n) is 13.2. The van der Waals surface area contributed by atoms with E-state index >= 15 is 0 Å². The highest BCUT2D eigenvalue weighted by molar-refractivity contribution is 5.72. The maximum absolute atomic E-state index is 12.9. The highest BCUT2D eigenvalue weighted by Crippen LogP contribution is 2.22. The lowest BCUT2D eigenvalue weighted by Gasteiger charge is -2.25. The van der Waals surface area contributed by atoms with Crippen LogP contribution in [0.2, 0.25) is 0 Å². The maximum Gasteiger partial charge on any atom is 0.308 e. The van der Waals surface area contributed by atoms with Crippen LogP contribution in [0.1, 0.15) is 254 Å². The second kappa shape index (κ2) is 43.5. The number of hydrogen-bond donors (Lipinski definition) is 0. The van der Waals surface area contributed by atoms with Gasteiger partial charge in [-0.25, -0.2) is 0 Å². The van der Waals surface area contributed by atoms with E-state index in [1.807, 2.05) is 0 Å². The summed E-state index contributed by atoms with van der Waals surface area (Å²) in [6.07, 6.45) is 38.3. The van der Waals surface area contributed by atoms with Crippen LogP contribution in [0.5, 0.6) is 0 Å². The summed E-state index contributed by atoms with van der Waals surface area (Å²) >= 11 is 0. The molecule has 0 aromatic rings. The molecule has 0 aliphatic heterocycles. The van der Waals surface area contributed by atoms with E-state index in [4.69, 9.17) is 9.47 Å². The van der Waals surface area contributed by atoms with Gasteiger partial charge in [0.25, 0.3) is 0 Å². The largest absolute Gasteiger partial charge is 0.465 e. The van der Waals surface area contributed by atoms with Gasteiger partial charge >= 0.3 is 11.9 Å². The highest BCUT2D eigenvalue weighted by Gasteiger charge is 2.19. The third kappa shape index (κ3) is 36.1. The van der Waals surface area contributed by atoms with Crippen LogP contribution < -0.4 is 0 Å². The Hall–Kier alpha value is -1.14. The molecule has 352 valence electrons. The van der Waals surface area contributed by atoms with Gasteiger partial charge in [0.1, 0.15) is 0 Å². The Balaban J connectivity index is 4.51. The molecule has 0 aliphatic rings. The predicted molar refractivity (Wildman–Crippen MR) is 257 cm³/mol. The Bertz CT molecular complexity index is 833. The summed E-state index contributed by atoms with van der Waals surface area (Å²) in [5.74, 6) is 1.11. The molecule has 0 bridgehead atoms. The normalized spacial score (nSPS) is 13.9. The van der Waals surface area contributed by atoms with Gasteiger partial charge in [0.2, 0.25) is 0 Å². The summed E-state index contributed by atoms with van der Waals surface area (Å²) in [5, 5.41) is 0. The molecular weight excluding hydrogens is 729 g/mol. The summed E-state index contributed by atoms with van der Waals surface area (Å²) in [6, 6.07) is 0. The summed E-state index contributed by atoms with van der Waals surface area (Å²) in [7, 11) is 0. The van der Waals surface area contributed by atoms with Crippen molar-refractivity contribution >= 4 is 11.9 Å². The summed E-state index contributed by atoms with van der Waals surface area (Å²) < 4.78 is 11.8. The van der Waals surface area contributed by atoms with Gasteiger partial charge in [-0.05, 0) is 109 Å². The Kier molecular flexibility index (Phi) is 42.7. The molecular formula is C53H106N2O4. The molecule has 0 saturated carbocycles. The lowest BCUT2D eigenvalue weighted by atomic mass is 9.95. The molecule has 0 heterocycles. The van der Waals surface area contributed by atoms with E-state index in [9.17, 15) is 9.59 Å². The molecule has 6 heteroatoms. The average molecular weight is 835 g/mol. The van der Waals surface area contributed by atoms with E-state index in [2.05, 4.69) is 65.2 Å². The summed E-state index contributed by atoms with van der Waals surface area (Å²) in [4.78, 5) is 31.0. The fourth-order valence-electron chi connectivity index (χ4n) is 8.63. The van der Waals surface area contributed by atoms with Crippen molar-refractivity contribution in [3.63, 3.8) is 0 Å². The van der Waals surface area contributed by atoms with Crippen molar-refractivity contribution in [2.75, 3.05) is 52.5 Å². The van der Waals surface area contributed by atoms with Crippen LogP contribution in [0.25, 0.3) is 0 Å². The molecule has 6 nitrogen and oxygen atoms in total. The van der Waals surface area contributed by atoms with E-state index < -0.39 is 0 Å². The average Bonchev–Trinajstić information content (AvgIpc) is 3.24. The molecule has 0 aromatic carbocycles. The second-order valence-corrected chi connectivity index (χ2v) is 18.8. The Morgan fingerprint density at radius 1 is 0.356 bits per heavy atom. The number of nitrogens with zero attached hydrogens (tertiary/aromatic N) is 2. The smallest absolute Gasteiger partial charge is 0.308 e. The van der Waals surface area contributed by atoms with Crippen molar-refractivity contribution in [1.82, 2.24) is 9.80 Å². The molecule has 59 heavy (non-hydrogen) atoms. The minimum atomic E-state index is 0.00343. The van der Waals surface area contributed by atoms with Crippen molar-refractivity contribution in [3.8, 4) is 0 Å². The van der Waals surface area contributed by atoms with Gasteiger partial charge in [0.15, 0.2) is 0 Å². The minimum absolute atomic E-state index is 0.00343. The summed E-state index contributed by atoms with van der Waals surface area (Å²) in [5.41, 5.74) is 0. The molecule has 0 aromatic heterocycles. The van der Waals surface area contributed by atoms with Gasteiger partial charge in [0, 0.05) is 0 Å². The fraction of sp³-hybridized carbons (Fsp3) is 0.962. The quantitative estimate of drug-likeness (QED) is 0.0450. The third-order valence-corrected chi connectivity index (χ3v) is 13.2. The van der Waals surface area contributed by atoms with Crippen LogP contribution in [-0.4, -0.2) is 74.2 Å². The number of esters is 2. The van der Waals surface area contributed by atoms with Crippen LogP contribution in [0.15, 0.2) is 0 Å². The number of unbranched alkanes of at least 4 members (excludes halogenated alkanes) is 18. The van der Waals surface area contributed by atoms with Gasteiger partial charge in [-0.1, -0.05) is 197 Å². The van der Waals surface area contributed by atoms with E-state index in [-0.39, 0.29) is 23.8 Å². The first kappa shape index (κ1) is 57.9. The van der Waals surface area contributed by atoms with Crippen molar-refractivity contribution in [2.24, 2.45) is 23.7 Å². The second-order valence-electron chi connectivity index (χ2n) is 18.8. The summed E-state index contributed by atoms with van der Waals surface area (Å²) in [6.45, 7) is 26.0. The molecule has 0 N–H and O–H groups in total. The first-order valence-electron chi connectivity index (χ1n) is 26.5. The van der Waals surface area contributed by atoms with E-state index in [1.165, 1.54) is 200 Å². The number of carbonyl (C=O) groups is 2. The Morgan fingerprint density at radius 3 is 1.05 bits per heavy atom. The van der Waals surface area contributed by atoms with Gasteiger partial charge in [-0.15, -0.1) is 0 Å². The molecule has 0 fully saturated rings. The van der Waals surface area contributed by atoms with Gasteiger partial charge in [-0.2, -0.15) is 0 Å². The highest BCUT2D eigenvalue weighted by atomic mass is 16.5. The minimum Gasteiger partial charge on any atom is -0.465 e. The first-order valence-corrected chi connectivity index (χ1v) is 26.5. The molecule has 0 saturated heterocycles. The van der Waals surface area contributed by atoms with Crippen LogP contribution in [0.4, 0.5) is 0 Å². The molecule has 0 rings (SSSR count). The van der Waals surface area contributed by atoms with Crippen LogP contribution >= 0.6 is 0 Å². The SMILES string of the molecule is CCCCCCCCC(CCCC)COC(=O)C(C)CCCCCCN(CCCCCCC(C)C(=O)OCC(CCCC)CCCCCCCC)CCCN(CC)CC. The van der Waals surface area contributed by atoms with E-state index in [1.54, 1.807) is 0 Å². The maximum atomic E-state index is 12.9. The molecule has 4 atom stereocenters. The van der Waals surface area contributed by atoms with Gasteiger partial charge in [0.05, 0.1) is 25.0 Å². The molecule has 0 radical (unpaired) electrons. The molecule has 0 amide bonds. The zero-order chi connectivity index (χ0) is 43.6.